The first-order chi connectivity index (χ1) is 14.1. The number of carbonyl (C=O) groups excluding carboxylic acids is 1. The molecule has 4 aromatic rings. The number of carbonyl (C=O) groups is 1. The number of hydrogen-bond donors (Lipinski definition) is 2. The van der Waals surface area contributed by atoms with E-state index >= 15 is 0 Å². The molecule has 148 valence electrons. The van der Waals surface area contributed by atoms with Gasteiger partial charge in [-0.15, -0.1) is 0 Å². The van der Waals surface area contributed by atoms with Crippen LogP contribution in [0.2, 0.25) is 5.02 Å². The first kappa shape index (κ1) is 19.2. The van der Waals surface area contributed by atoms with Crippen LogP contribution in [0, 0.1) is 6.92 Å². The second-order valence-corrected chi connectivity index (χ2v) is 7.38. The Labute approximate surface area is 173 Å². The summed E-state index contributed by atoms with van der Waals surface area (Å²) in [6, 6.07) is 13.6. The first-order valence-corrected chi connectivity index (χ1v) is 9.97. The summed E-state index contributed by atoms with van der Waals surface area (Å²) in [5.74, 6) is 1.81. The number of imidazole rings is 2. The predicted molar refractivity (Wildman–Crippen MR) is 114 cm³/mol. The number of amides is 1. The van der Waals surface area contributed by atoms with E-state index in [4.69, 9.17) is 11.6 Å². The van der Waals surface area contributed by atoms with Crippen LogP contribution in [-0.2, 0) is 17.8 Å². The van der Waals surface area contributed by atoms with Crippen LogP contribution in [0.4, 0.5) is 0 Å². The number of H-pyrrole nitrogens is 1. The van der Waals surface area contributed by atoms with Gasteiger partial charge in [0, 0.05) is 36.8 Å². The van der Waals surface area contributed by atoms with Crippen molar-refractivity contribution in [2.24, 2.45) is 0 Å². The van der Waals surface area contributed by atoms with Gasteiger partial charge in [0.15, 0.2) is 0 Å². The fourth-order valence-electron chi connectivity index (χ4n) is 3.38. The SMILES string of the molecule is Cc1nccn1-c1ccccc1CNC(=O)CCCc1nc2ccc(Cl)cc2[nH]1. The highest BCUT2D eigenvalue weighted by molar-refractivity contribution is 6.31. The highest BCUT2D eigenvalue weighted by Gasteiger charge is 2.09. The number of halogens is 1. The smallest absolute Gasteiger partial charge is 0.220 e. The summed E-state index contributed by atoms with van der Waals surface area (Å²) < 4.78 is 2.02. The van der Waals surface area contributed by atoms with E-state index in [-0.39, 0.29) is 5.91 Å². The number of benzene rings is 2. The molecular formula is C22H22ClN5O. The van der Waals surface area contributed by atoms with Gasteiger partial charge in [0.25, 0.3) is 0 Å². The largest absolute Gasteiger partial charge is 0.352 e. The maximum absolute atomic E-state index is 12.3. The molecule has 0 saturated heterocycles. The highest BCUT2D eigenvalue weighted by atomic mass is 35.5. The zero-order valence-corrected chi connectivity index (χ0v) is 16.9. The lowest BCUT2D eigenvalue weighted by molar-refractivity contribution is -0.121. The number of para-hydroxylation sites is 1. The molecule has 6 nitrogen and oxygen atoms in total. The number of aromatic amines is 1. The van der Waals surface area contributed by atoms with Crippen molar-refractivity contribution >= 4 is 28.5 Å². The van der Waals surface area contributed by atoms with Crippen molar-refractivity contribution in [3.63, 3.8) is 0 Å². The fourth-order valence-corrected chi connectivity index (χ4v) is 3.55. The van der Waals surface area contributed by atoms with Gasteiger partial charge in [-0.05, 0) is 43.2 Å². The Morgan fingerprint density at radius 1 is 1.24 bits per heavy atom. The van der Waals surface area contributed by atoms with Crippen molar-refractivity contribution in [1.82, 2.24) is 24.8 Å². The summed E-state index contributed by atoms with van der Waals surface area (Å²) in [6.45, 7) is 2.44. The Morgan fingerprint density at radius 2 is 2.10 bits per heavy atom. The summed E-state index contributed by atoms with van der Waals surface area (Å²) >= 11 is 6.01. The molecule has 0 bridgehead atoms. The Kier molecular flexibility index (Phi) is 5.62. The maximum Gasteiger partial charge on any atom is 0.220 e. The average molecular weight is 408 g/mol. The zero-order valence-electron chi connectivity index (χ0n) is 16.2. The summed E-state index contributed by atoms with van der Waals surface area (Å²) in [7, 11) is 0. The third-order valence-corrected chi connectivity index (χ3v) is 5.10. The van der Waals surface area contributed by atoms with Gasteiger partial charge in [0.2, 0.25) is 5.91 Å². The topological polar surface area (TPSA) is 75.6 Å². The number of rotatable bonds is 7. The van der Waals surface area contributed by atoms with E-state index in [0.717, 1.165) is 40.4 Å². The zero-order chi connectivity index (χ0) is 20.2. The van der Waals surface area contributed by atoms with E-state index in [2.05, 4.69) is 20.3 Å². The molecular weight excluding hydrogens is 386 g/mol. The Morgan fingerprint density at radius 3 is 2.93 bits per heavy atom. The molecule has 0 spiro atoms. The number of nitrogens with one attached hydrogen (secondary N) is 2. The van der Waals surface area contributed by atoms with Crippen molar-refractivity contribution in [3.05, 3.63) is 77.1 Å². The number of hydrogen-bond acceptors (Lipinski definition) is 3. The molecule has 0 fully saturated rings. The molecule has 0 atom stereocenters. The van der Waals surface area contributed by atoms with Crippen molar-refractivity contribution in [2.75, 3.05) is 0 Å². The van der Waals surface area contributed by atoms with Gasteiger partial charge < -0.3 is 14.9 Å². The highest BCUT2D eigenvalue weighted by Crippen LogP contribution is 2.18. The molecule has 0 aliphatic carbocycles. The molecule has 0 radical (unpaired) electrons. The van der Waals surface area contributed by atoms with E-state index in [1.165, 1.54) is 0 Å². The average Bonchev–Trinajstić information content (AvgIpc) is 3.31. The molecule has 1 amide bonds. The van der Waals surface area contributed by atoms with Crippen LogP contribution in [0.25, 0.3) is 16.7 Å². The summed E-state index contributed by atoms with van der Waals surface area (Å²) in [5.41, 5.74) is 3.89. The van der Waals surface area contributed by atoms with Gasteiger partial charge in [-0.3, -0.25) is 4.79 Å². The molecule has 2 N–H and O–H groups in total. The molecule has 29 heavy (non-hydrogen) atoms. The van der Waals surface area contributed by atoms with E-state index in [0.29, 0.717) is 24.4 Å². The molecule has 2 heterocycles. The third kappa shape index (κ3) is 4.49. The standard InChI is InChI=1S/C22H22ClN5O/c1-15-24-11-12-28(15)20-6-3-2-5-16(20)14-25-22(29)8-4-7-21-26-18-10-9-17(23)13-19(18)27-21/h2-3,5-6,9-13H,4,7-8,14H2,1H3,(H,25,29)(H,26,27). The molecule has 7 heteroatoms. The molecule has 4 rings (SSSR count). The number of aryl methyl sites for hydroxylation is 2. The minimum atomic E-state index is 0.0290. The van der Waals surface area contributed by atoms with Crippen molar-refractivity contribution in [1.29, 1.82) is 0 Å². The normalized spacial score (nSPS) is 11.1. The first-order valence-electron chi connectivity index (χ1n) is 9.59. The van der Waals surface area contributed by atoms with Crippen molar-refractivity contribution in [2.45, 2.75) is 32.7 Å². The van der Waals surface area contributed by atoms with E-state index in [1.54, 1.807) is 6.20 Å². The minimum absolute atomic E-state index is 0.0290. The van der Waals surface area contributed by atoms with E-state index in [9.17, 15) is 4.79 Å². The van der Waals surface area contributed by atoms with Gasteiger partial charge in [-0.1, -0.05) is 29.8 Å². The van der Waals surface area contributed by atoms with Crippen LogP contribution in [0.15, 0.2) is 54.9 Å². The Hall–Kier alpha value is -3.12. The Bertz CT molecular complexity index is 1150. The van der Waals surface area contributed by atoms with Crippen LogP contribution >= 0.6 is 11.6 Å². The lowest BCUT2D eigenvalue weighted by Crippen LogP contribution is -2.23. The lowest BCUT2D eigenvalue weighted by Gasteiger charge is -2.12. The van der Waals surface area contributed by atoms with Crippen molar-refractivity contribution in [3.8, 4) is 5.69 Å². The monoisotopic (exact) mass is 407 g/mol. The van der Waals surface area contributed by atoms with Gasteiger partial charge in [0.1, 0.15) is 11.6 Å². The molecule has 0 unspecified atom stereocenters. The van der Waals surface area contributed by atoms with Crippen LogP contribution in [0.1, 0.15) is 30.1 Å². The Balaban J connectivity index is 1.31. The lowest BCUT2D eigenvalue weighted by atomic mass is 10.1. The second kappa shape index (κ2) is 8.49. The summed E-state index contributed by atoms with van der Waals surface area (Å²) in [6.07, 6.45) is 5.59. The van der Waals surface area contributed by atoms with Gasteiger partial charge in [0.05, 0.1) is 16.7 Å². The van der Waals surface area contributed by atoms with Gasteiger partial charge in [-0.2, -0.15) is 0 Å². The minimum Gasteiger partial charge on any atom is -0.352 e. The molecule has 0 aliphatic rings. The second-order valence-electron chi connectivity index (χ2n) is 6.95. The van der Waals surface area contributed by atoms with Gasteiger partial charge >= 0.3 is 0 Å². The molecule has 0 aliphatic heterocycles. The van der Waals surface area contributed by atoms with Crippen LogP contribution in [0.5, 0.6) is 0 Å². The fraction of sp³-hybridized carbons (Fsp3) is 0.227. The maximum atomic E-state index is 12.3. The van der Waals surface area contributed by atoms with Crippen LogP contribution in [-0.4, -0.2) is 25.4 Å². The van der Waals surface area contributed by atoms with Crippen LogP contribution in [0.3, 0.4) is 0 Å². The van der Waals surface area contributed by atoms with Crippen molar-refractivity contribution < 1.29 is 4.79 Å². The molecule has 2 aromatic heterocycles. The predicted octanol–water partition coefficient (Wildman–Crippen LogP) is 4.35. The summed E-state index contributed by atoms with van der Waals surface area (Å²) in [5, 5.41) is 3.70. The number of aromatic nitrogens is 4. The summed E-state index contributed by atoms with van der Waals surface area (Å²) in [4.78, 5) is 24.4. The third-order valence-electron chi connectivity index (χ3n) is 4.86. The van der Waals surface area contributed by atoms with E-state index in [1.807, 2.05) is 60.2 Å². The number of nitrogens with zero attached hydrogens (tertiary/aromatic N) is 3. The number of fused-ring (bicyclic) bond motifs is 1. The quantitative estimate of drug-likeness (QED) is 0.478. The molecule has 2 aromatic carbocycles. The molecule has 0 saturated carbocycles. The van der Waals surface area contributed by atoms with Crippen LogP contribution < -0.4 is 5.32 Å². The van der Waals surface area contributed by atoms with Gasteiger partial charge in [-0.25, -0.2) is 9.97 Å². The van der Waals surface area contributed by atoms with E-state index < -0.39 is 0 Å².